The maximum absolute atomic E-state index is 11.4. The van der Waals surface area contributed by atoms with Gasteiger partial charge in [-0.3, -0.25) is 4.79 Å². The van der Waals surface area contributed by atoms with E-state index in [9.17, 15) is 4.79 Å². The molecule has 0 fully saturated rings. The summed E-state index contributed by atoms with van der Waals surface area (Å²) in [5, 5.41) is 5.84. The summed E-state index contributed by atoms with van der Waals surface area (Å²) in [7, 11) is 1.83. The van der Waals surface area contributed by atoms with Crippen LogP contribution >= 0.6 is 11.8 Å². The second kappa shape index (κ2) is 7.20. The fraction of sp³-hybridized carbons (Fsp3) is 0.583. The number of amides is 1. The summed E-state index contributed by atoms with van der Waals surface area (Å²) in [5.41, 5.74) is 0.927. The lowest BCUT2D eigenvalue weighted by atomic mass is 10.4. The number of nitrogens with one attached hydrogen (secondary N) is 2. The van der Waals surface area contributed by atoms with Crippen LogP contribution in [0.1, 0.15) is 25.4 Å². The van der Waals surface area contributed by atoms with Crippen molar-refractivity contribution in [3.63, 3.8) is 0 Å². The van der Waals surface area contributed by atoms with Gasteiger partial charge < -0.3 is 10.6 Å². The van der Waals surface area contributed by atoms with E-state index in [0.29, 0.717) is 11.5 Å². The van der Waals surface area contributed by atoms with Gasteiger partial charge in [0.2, 0.25) is 5.91 Å². The summed E-state index contributed by atoms with van der Waals surface area (Å²) in [6.45, 7) is 5.83. The molecule has 0 aliphatic heterocycles. The Morgan fingerprint density at radius 2 is 2.17 bits per heavy atom. The quantitative estimate of drug-likeness (QED) is 0.820. The predicted molar refractivity (Wildman–Crippen MR) is 75.8 cm³/mol. The summed E-state index contributed by atoms with van der Waals surface area (Å²) < 4.78 is 0. The number of aromatic nitrogens is 2. The number of aryl methyl sites for hydroxylation is 1. The first kappa shape index (κ1) is 14.8. The minimum absolute atomic E-state index is 0.0523. The number of nitrogens with zero attached hydrogens (tertiary/aromatic N) is 2. The largest absolute Gasteiger partial charge is 0.373 e. The monoisotopic (exact) mass is 268 g/mol. The third-order valence-corrected chi connectivity index (χ3v) is 3.00. The average molecular weight is 268 g/mol. The van der Waals surface area contributed by atoms with Crippen LogP contribution in [0.4, 0.5) is 5.82 Å². The van der Waals surface area contributed by atoms with Crippen molar-refractivity contribution in [2.75, 3.05) is 18.1 Å². The zero-order chi connectivity index (χ0) is 13.5. The minimum atomic E-state index is 0.0523. The molecule has 0 radical (unpaired) electrons. The van der Waals surface area contributed by atoms with Gasteiger partial charge in [0.25, 0.3) is 0 Å². The van der Waals surface area contributed by atoms with E-state index in [1.54, 1.807) is 0 Å². The Bertz CT molecular complexity index is 409. The summed E-state index contributed by atoms with van der Waals surface area (Å²) >= 11 is 1.52. The highest BCUT2D eigenvalue weighted by molar-refractivity contribution is 7.99. The predicted octanol–water partition coefficient (Wildman–Crippen LogP) is 1.58. The first-order valence-corrected chi connectivity index (χ1v) is 7.06. The molecule has 0 bridgehead atoms. The molecule has 0 aliphatic rings. The Labute approximate surface area is 112 Å². The molecule has 0 unspecified atom stereocenters. The molecule has 1 heterocycles. The molecule has 0 aromatic carbocycles. The van der Waals surface area contributed by atoms with Gasteiger partial charge in [-0.05, 0) is 20.8 Å². The maximum atomic E-state index is 11.4. The molecule has 18 heavy (non-hydrogen) atoms. The van der Waals surface area contributed by atoms with E-state index < -0.39 is 0 Å². The number of hydrogen-bond acceptors (Lipinski definition) is 5. The van der Waals surface area contributed by atoms with Crippen LogP contribution in [0, 0.1) is 6.92 Å². The molecule has 1 aromatic heterocycles. The second-order valence-corrected chi connectivity index (χ2v) is 5.26. The Balaban J connectivity index is 2.44. The van der Waals surface area contributed by atoms with Crippen molar-refractivity contribution in [3.8, 4) is 0 Å². The SMILES string of the molecule is CNc1cc(C)nc(CSCC(=O)NC(C)C)n1. The average Bonchev–Trinajstić information content (AvgIpc) is 2.27. The number of carbonyl (C=O) groups excluding carboxylic acids is 1. The molecular formula is C12H20N4OS. The zero-order valence-corrected chi connectivity index (χ0v) is 12.1. The van der Waals surface area contributed by atoms with Crippen LogP contribution in [0.15, 0.2) is 6.07 Å². The van der Waals surface area contributed by atoms with E-state index in [4.69, 9.17) is 0 Å². The zero-order valence-electron chi connectivity index (χ0n) is 11.3. The maximum Gasteiger partial charge on any atom is 0.230 e. The van der Waals surface area contributed by atoms with Crippen molar-refractivity contribution in [3.05, 3.63) is 17.6 Å². The Hall–Kier alpha value is -1.30. The lowest BCUT2D eigenvalue weighted by Gasteiger charge is -2.08. The fourth-order valence-corrected chi connectivity index (χ4v) is 2.10. The standard InChI is InChI=1S/C12H20N4OS/c1-8(2)14-12(17)7-18-6-11-15-9(3)5-10(13-4)16-11/h5,8H,6-7H2,1-4H3,(H,14,17)(H,13,15,16). The number of thioether (sulfide) groups is 1. The second-order valence-electron chi connectivity index (χ2n) is 4.28. The molecule has 0 saturated carbocycles. The van der Waals surface area contributed by atoms with Gasteiger partial charge in [-0.2, -0.15) is 0 Å². The highest BCUT2D eigenvalue weighted by atomic mass is 32.2. The fourth-order valence-electron chi connectivity index (χ4n) is 1.42. The van der Waals surface area contributed by atoms with Gasteiger partial charge >= 0.3 is 0 Å². The summed E-state index contributed by atoms with van der Waals surface area (Å²) in [5.74, 6) is 2.69. The molecule has 0 aliphatic carbocycles. The van der Waals surface area contributed by atoms with Gasteiger partial charge in [-0.15, -0.1) is 11.8 Å². The summed E-state index contributed by atoms with van der Waals surface area (Å²) in [6.07, 6.45) is 0. The van der Waals surface area contributed by atoms with Crippen LogP contribution in [0.25, 0.3) is 0 Å². The van der Waals surface area contributed by atoms with Crippen LogP contribution in [-0.4, -0.2) is 34.7 Å². The molecule has 0 saturated heterocycles. The smallest absolute Gasteiger partial charge is 0.230 e. The molecule has 1 rings (SSSR count). The van der Waals surface area contributed by atoms with E-state index >= 15 is 0 Å². The number of carbonyl (C=O) groups is 1. The lowest BCUT2D eigenvalue weighted by Crippen LogP contribution is -2.31. The van der Waals surface area contributed by atoms with Gasteiger partial charge in [0.15, 0.2) is 0 Å². The van der Waals surface area contributed by atoms with E-state index in [0.717, 1.165) is 17.3 Å². The number of rotatable bonds is 6. The van der Waals surface area contributed by atoms with E-state index in [2.05, 4.69) is 20.6 Å². The highest BCUT2D eigenvalue weighted by Crippen LogP contribution is 2.11. The highest BCUT2D eigenvalue weighted by Gasteiger charge is 2.05. The van der Waals surface area contributed by atoms with E-state index in [1.807, 2.05) is 33.9 Å². The van der Waals surface area contributed by atoms with Crippen LogP contribution in [0.5, 0.6) is 0 Å². The van der Waals surface area contributed by atoms with Crippen molar-refractivity contribution in [2.45, 2.75) is 32.6 Å². The van der Waals surface area contributed by atoms with Gasteiger partial charge in [-0.25, -0.2) is 9.97 Å². The van der Waals surface area contributed by atoms with Crippen LogP contribution < -0.4 is 10.6 Å². The molecule has 6 heteroatoms. The molecule has 100 valence electrons. The van der Waals surface area contributed by atoms with Crippen molar-refractivity contribution in [2.24, 2.45) is 0 Å². The number of anilines is 1. The van der Waals surface area contributed by atoms with E-state index in [-0.39, 0.29) is 11.9 Å². The normalized spacial score (nSPS) is 10.5. The third-order valence-electron chi connectivity index (χ3n) is 2.07. The Morgan fingerprint density at radius 3 is 2.78 bits per heavy atom. The molecule has 2 N–H and O–H groups in total. The van der Waals surface area contributed by atoms with Gasteiger partial charge in [-0.1, -0.05) is 0 Å². The Morgan fingerprint density at radius 1 is 1.44 bits per heavy atom. The van der Waals surface area contributed by atoms with Crippen LogP contribution in [-0.2, 0) is 10.5 Å². The lowest BCUT2D eigenvalue weighted by molar-refractivity contribution is -0.119. The van der Waals surface area contributed by atoms with Gasteiger partial charge in [0.1, 0.15) is 11.6 Å². The van der Waals surface area contributed by atoms with E-state index in [1.165, 1.54) is 11.8 Å². The Kier molecular flexibility index (Phi) is 5.91. The number of hydrogen-bond donors (Lipinski definition) is 2. The van der Waals surface area contributed by atoms with Crippen molar-refractivity contribution in [1.82, 2.24) is 15.3 Å². The molecule has 0 spiro atoms. The first-order valence-electron chi connectivity index (χ1n) is 5.90. The molecular weight excluding hydrogens is 248 g/mol. The first-order chi connectivity index (χ1) is 8.51. The van der Waals surface area contributed by atoms with Gasteiger partial charge in [0, 0.05) is 24.8 Å². The molecule has 0 atom stereocenters. The topological polar surface area (TPSA) is 66.9 Å². The molecule has 1 amide bonds. The minimum Gasteiger partial charge on any atom is -0.373 e. The molecule has 1 aromatic rings. The van der Waals surface area contributed by atoms with Crippen molar-refractivity contribution < 1.29 is 4.79 Å². The molecule has 5 nitrogen and oxygen atoms in total. The van der Waals surface area contributed by atoms with Gasteiger partial charge in [0.05, 0.1) is 11.5 Å². The third kappa shape index (κ3) is 5.35. The van der Waals surface area contributed by atoms with Crippen molar-refractivity contribution >= 4 is 23.5 Å². The summed E-state index contributed by atoms with van der Waals surface area (Å²) in [4.78, 5) is 20.1. The van der Waals surface area contributed by atoms with Crippen LogP contribution in [0.2, 0.25) is 0 Å². The van der Waals surface area contributed by atoms with Crippen molar-refractivity contribution in [1.29, 1.82) is 0 Å². The summed E-state index contributed by atoms with van der Waals surface area (Å²) in [6, 6.07) is 2.07. The van der Waals surface area contributed by atoms with Crippen LogP contribution in [0.3, 0.4) is 0 Å².